The van der Waals surface area contributed by atoms with E-state index in [1.807, 2.05) is 42.1 Å². The number of hydrogen-bond acceptors (Lipinski definition) is 4. The van der Waals surface area contributed by atoms with Crippen molar-refractivity contribution in [2.24, 2.45) is 10.9 Å². The number of aliphatic imine (C=N–C) groups is 1. The zero-order valence-corrected chi connectivity index (χ0v) is 16.6. The third-order valence-electron chi connectivity index (χ3n) is 6.35. The molecule has 0 radical (unpaired) electrons. The van der Waals surface area contributed by atoms with Crippen molar-refractivity contribution in [3.63, 3.8) is 0 Å². The van der Waals surface area contributed by atoms with Gasteiger partial charge in [-0.05, 0) is 56.9 Å². The molecule has 2 aliphatic carbocycles. The van der Waals surface area contributed by atoms with Crippen LogP contribution in [0.5, 0.6) is 0 Å². The Balaban J connectivity index is 1.59. The fraction of sp³-hybridized carbons (Fsp3) is 0.545. The van der Waals surface area contributed by atoms with Gasteiger partial charge in [-0.2, -0.15) is 0 Å². The first-order valence-electron chi connectivity index (χ1n) is 10.3. The number of amides is 1. The Morgan fingerprint density at radius 1 is 1.32 bits per heavy atom. The Kier molecular flexibility index (Phi) is 5.29. The van der Waals surface area contributed by atoms with Gasteiger partial charge in [0.1, 0.15) is 5.69 Å². The van der Waals surface area contributed by atoms with Gasteiger partial charge in [0, 0.05) is 5.56 Å². The number of nitrogens with one attached hydrogen (secondary N) is 1. The van der Waals surface area contributed by atoms with Gasteiger partial charge < -0.3 is 5.32 Å². The number of aryl methyl sites for hydroxylation is 1. The summed E-state index contributed by atoms with van der Waals surface area (Å²) in [7, 11) is 0. The molecule has 148 valence electrons. The monoisotopic (exact) mass is 379 g/mol. The highest BCUT2D eigenvalue weighted by atomic mass is 16.1. The maximum atomic E-state index is 13.0. The summed E-state index contributed by atoms with van der Waals surface area (Å²) in [6, 6.07) is 7.62. The number of rotatable bonds is 7. The van der Waals surface area contributed by atoms with Gasteiger partial charge in [-0.15, -0.1) is 5.10 Å². The maximum Gasteiger partial charge on any atom is 0.252 e. The number of hydrogen-bond donors (Lipinski definition) is 1. The van der Waals surface area contributed by atoms with Crippen molar-refractivity contribution in [3.05, 3.63) is 47.3 Å². The molecule has 2 fully saturated rings. The van der Waals surface area contributed by atoms with Crippen LogP contribution in [-0.4, -0.2) is 34.2 Å². The molecule has 1 unspecified atom stereocenters. The van der Waals surface area contributed by atoms with E-state index in [0.717, 1.165) is 42.5 Å². The predicted molar refractivity (Wildman–Crippen MR) is 110 cm³/mol. The number of aromatic nitrogens is 3. The van der Waals surface area contributed by atoms with Gasteiger partial charge in [0.25, 0.3) is 5.91 Å². The van der Waals surface area contributed by atoms with E-state index in [4.69, 9.17) is 0 Å². The van der Waals surface area contributed by atoms with E-state index in [9.17, 15) is 4.79 Å². The molecule has 2 saturated carbocycles. The third-order valence-corrected chi connectivity index (χ3v) is 6.35. The van der Waals surface area contributed by atoms with Crippen LogP contribution in [0.4, 0.5) is 0 Å². The fourth-order valence-corrected chi connectivity index (χ4v) is 4.41. The molecule has 6 nitrogen and oxygen atoms in total. The van der Waals surface area contributed by atoms with Gasteiger partial charge in [0.15, 0.2) is 0 Å². The molecule has 28 heavy (non-hydrogen) atoms. The zero-order valence-electron chi connectivity index (χ0n) is 16.6. The van der Waals surface area contributed by atoms with Crippen molar-refractivity contribution in [2.75, 3.05) is 6.54 Å². The lowest BCUT2D eigenvalue weighted by Crippen LogP contribution is -2.35. The summed E-state index contributed by atoms with van der Waals surface area (Å²) in [6.07, 6.45) is 10.1. The van der Waals surface area contributed by atoms with Gasteiger partial charge in [-0.3, -0.25) is 9.79 Å². The standard InChI is InChI=1S/C22H29N5O/c1-16-8-6-7-11-18(16)21(28)24-20(17-9-4-3-5-10-17)19-14-27(26-25-19)22(12-13-22)15-23-2/h6-8,11,14,17,20H,2-5,9-10,12-13,15H2,1H3,(H,24,28). The highest BCUT2D eigenvalue weighted by Gasteiger charge is 2.46. The van der Waals surface area contributed by atoms with E-state index < -0.39 is 0 Å². The fourth-order valence-electron chi connectivity index (χ4n) is 4.41. The average Bonchev–Trinajstić information content (AvgIpc) is 3.33. The normalized spacial score (nSPS) is 19.8. The Bertz CT molecular complexity index is 848. The molecule has 1 N–H and O–H groups in total. The van der Waals surface area contributed by atoms with Crippen molar-refractivity contribution in [2.45, 2.75) is 63.5 Å². The van der Waals surface area contributed by atoms with Crippen LogP contribution in [0.3, 0.4) is 0 Å². The van der Waals surface area contributed by atoms with Gasteiger partial charge >= 0.3 is 0 Å². The maximum absolute atomic E-state index is 13.0. The Morgan fingerprint density at radius 2 is 2.07 bits per heavy atom. The van der Waals surface area contributed by atoms with Crippen LogP contribution in [0, 0.1) is 12.8 Å². The average molecular weight is 380 g/mol. The molecule has 2 aromatic rings. The second-order valence-electron chi connectivity index (χ2n) is 8.36. The minimum atomic E-state index is -0.103. The van der Waals surface area contributed by atoms with E-state index in [1.165, 1.54) is 19.3 Å². The van der Waals surface area contributed by atoms with Gasteiger partial charge in [0.05, 0.1) is 24.3 Å². The predicted octanol–water partition coefficient (Wildman–Crippen LogP) is 3.83. The summed E-state index contributed by atoms with van der Waals surface area (Å²) in [5.41, 5.74) is 2.53. The lowest BCUT2D eigenvalue weighted by Gasteiger charge is -2.29. The summed E-state index contributed by atoms with van der Waals surface area (Å²) in [5, 5.41) is 12.2. The van der Waals surface area contributed by atoms with Gasteiger partial charge in [-0.1, -0.05) is 42.7 Å². The summed E-state index contributed by atoms with van der Waals surface area (Å²) in [6.45, 7) is 6.28. The van der Waals surface area contributed by atoms with E-state index in [1.54, 1.807) is 0 Å². The van der Waals surface area contributed by atoms with Crippen LogP contribution in [-0.2, 0) is 5.54 Å². The topological polar surface area (TPSA) is 72.2 Å². The van der Waals surface area contributed by atoms with Crippen LogP contribution >= 0.6 is 0 Å². The summed E-state index contributed by atoms with van der Waals surface area (Å²) < 4.78 is 1.95. The molecule has 0 spiro atoms. The van der Waals surface area contributed by atoms with Crippen LogP contribution in [0.15, 0.2) is 35.5 Å². The Hall–Kier alpha value is -2.50. The first kappa shape index (κ1) is 18.8. The summed E-state index contributed by atoms with van der Waals surface area (Å²) >= 11 is 0. The quantitative estimate of drug-likeness (QED) is 0.743. The smallest absolute Gasteiger partial charge is 0.252 e. The SMILES string of the molecule is C=NCC1(n2cc(C(NC(=O)c3ccccc3C)C3CCCCC3)nn2)CC1. The van der Waals surface area contributed by atoms with E-state index >= 15 is 0 Å². The molecular formula is C22H29N5O. The van der Waals surface area contributed by atoms with Crippen molar-refractivity contribution in [1.82, 2.24) is 20.3 Å². The van der Waals surface area contributed by atoms with E-state index in [0.29, 0.717) is 12.5 Å². The molecule has 1 aromatic heterocycles. The summed E-state index contributed by atoms with van der Waals surface area (Å²) in [5.74, 6) is 0.372. The highest BCUT2D eigenvalue weighted by Crippen LogP contribution is 2.43. The third kappa shape index (κ3) is 3.73. The van der Waals surface area contributed by atoms with Gasteiger partial charge in [0.2, 0.25) is 0 Å². The molecule has 0 saturated heterocycles. The Morgan fingerprint density at radius 3 is 2.75 bits per heavy atom. The molecule has 1 heterocycles. The van der Waals surface area contributed by atoms with Crippen molar-refractivity contribution in [1.29, 1.82) is 0 Å². The lowest BCUT2D eigenvalue weighted by atomic mass is 9.82. The minimum absolute atomic E-state index is 0.0304. The number of carbonyl (C=O) groups is 1. The van der Waals surface area contributed by atoms with Gasteiger partial charge in [-0.25, -0.2) is 4.68 Å². The lowest BCUT2D eigenvalue weighted by molar-refractivity contribution is 0.0910. The zero-order chi connectivity index (χ0) is 19.6. The van der Waals surface area contributed by atoms with E-state index in [2.05, 4.69) is 27.3 Å². The summed E-state index contributed by atoms with van der Waals surface area (Å²) in [4.78, 5) is 17.1. The molecule has 0 bridgehead atoms. The molecule has 1 amide bonds. The molecule has 4 rings (SSSR count). The van der Waals surface area contributed by atoms with Crippen molar-refractivity contribution in [3.8, 4) is 0 Å². The number of nitrogens with zero attached hydrogens (tertiary/aromatic N) is 4. The van der Waals surface area contributed by atoms with Crippen molar-refractivity contribution >= 4 is 12.6 Å². The highest BCUT2D eigenvalue weighted by molar-refractivity contribution is 5.95. The molecule has 1 atom stereocenters. The van der Waals surface area contributed by atoms with E-state index in [-0.39, 0.29) is 17.5 Å². The second-order valence-corrected chi connectivity index (χ2v) is 8.36. The Labute approximate surface area is 166 Å². The molecule has 2 aliphatic rings. The van der Waals surface area contributed by atoms with Crippen LogP contribution in [0.1, 0.15) is 72.6 Å². The molecule has 1 aromatic carbocycles. The largest absolute Gasteiger partial charge is 0.343 e. The number of benzene rings is 1. The van der Waals surface area contributed by atoms with Crippen LogP contribution < -0.4 is 5.32 Å². The minimum Gasteiger partial charge on any atom is -0.343 e. The second kappa shape index (κ2) is 7.86. The molecule has 0 aliphatic heterocycles. The van der Waals surface area contributed by atoms with Crippen molar-refractivity contribution < 1.29 is 4.79 Å². The van der Waals surface area contributed by atoms with Crippen LogP contribution in [0.2, 0.25) is 0 Å². The first-order valence-corrected chi connectivity index (χ1v) is 10.3. The van der Waals surface area contributed by atoms with Crippen LogP contribution in [0.25, 0.3) is 0 Å². The first-order chi connectivity index (χ1) is 13.6. The molecular weight excluding hydrogens is 350 g/mol. The molecule has 6 heteroatoms. The number of carbonyl (C=O) groups excluding carboxylic acids is 1.